The van der Waals surface area contributed by atoms with Gasteiger partial charge in [-0.15, -0.1) is 11.3 Å². The number of aliphatic hydroxyl groups is 1. The molecular formula is C11H16ClNOS. The van der Waals surface area contributed by atoms with E-state index >= 15 is 0 Å². The van der Waals surface area contributed by atoms with Crippen molar-refractivity contribution in [2.75, 3.05) is 6.54 Å². The summed E-state index contributed by atoms with van der Waals surface area (Å²) < 4.78 is 0.880. The highest BCUT2D eigenvalue weighted by Gasteiger charge is 2.22. The Bertz CT molecular complexity index is 337. The van der Waals surface area contributed by atoms with Crippen LogP contribution in [0.25, 0.3) is 0 Å². The molecule has 15 heavy (non-hydrogen) atoms. The van der Waals surface area contributed by atoms with E-state index in [0.29, 0.717) is 12.6 Å². The fourth-order valence-electron chi connectivity index (χ4n) is 2.05. The maximum absolute atomic E-state index is 9.25. The molecule has 2 unspecified atom stereocenters. The second-order valence-corrected chi connectivity index (χ2v) is 5.90. The summed E-state index contributed by atoms with van der Waals surface area (Å²) in [6.07, 6.45) is 3.22. The topological polar surface area (TPSA) is 32.3 Å². The van der Waals surface area contributed by atoms with Crippen LogP contribution < -0.4 is 5.32 Å². The van der Waals surface area contributed by atoms with E-state index in [-0.39, 0.29) is 6.10 Å². The molecule has 0 spiro atoms. The zero-order chi connectivity index (χ0) is 10.8. The molecule has 0 amide bonds. The zero-order valence-corrected chi connectivity index (χ0v) is 10.4. The van der Waals surface area contributed by atoms with E-state index in [1.165, 1.54) is 16.9 Å². The Morgan fingerprint density at radius 1 is 1.73 bits per heavy atom. The monoisotopic (exact) mass is 245 g/mol. The number of hydrogen-bond donors (Lipinski definition) is 2. The first-order chi connectivity index (χ1) is 7.16. The molecule has 1 aromatic rings. The van der Waals surface area contributed by atoms with Crippen molar-refractivity contribution in [2.24, 2.45) is 0 Å². The summed E-state index contributed by atoms with van der Waals surface area (Å²) in [5, 5.41) is 12.6. The first-order valence-corrected chi connectivity index (χ1v) is 6.56. The van der Waals surface area contributed by atoms with Gasteiger partial charge in [-0.3, -0.25) is 0 Å². The van der Waals surface area contributed by atoms with Crippen molar-refractivity contribution < 1.29 is 5.11 Å². The first kappa shape index (κ1) is 11.4. The van der Waals surface area contributed by atoms with Crippen molar-refractivity contribution in [2.45, 2.75) is 38.3 Å². The van der Waals surface area contributed by atoms with Gasteiger partial charge < -0.3 is 10.4 Å². The average Bonchev–Trinajstić information content (AvgIpc) is 2.55. The highest BCUT2D eigenvalue weighted by Crippen LogP contribution is 2.37. The van der Waals surface area contributed by atoms with Gasteiger partial charge in [0.05, 0.1) is 10.4 Å². The van der Waals surface area contributed by atoms with E-state index < -0.39 is 0 Å². The van der Waals surface area contributed by atoms with E-state index in [2.05, 4.69) is 11.4 Å². The van der Waals surface area contributed by atoms with Crippen LogP contribution in [0.3, 0.4) is 0 Å². The summed E-state index contributed by atoms with van der Waals surface area (Å²) >= 11 is 7.71. The predicted octanol–water partition coefficient (Wildman–Crippen LogP) is 2.75. The predicted molar refractivity (Wildman–Crippen MR) is 64.7 cm³/mol. The minimum absolute atomic E-state index is 0.288. The largest absolute Gasteiger partial charge is 0.392 e. The molecule has 2 N–H and O–H groups in total. The number of halogens is 1. The van der Waals surface area contributed by atoms with E-state index in [0.717, 1.165) is 17.2 Å². The Labute approximate surface area is 99.3 Å². The number of nitrogens with one attached hydrogen (secondary N) is 1. The summed E-state index contributed by atoms with van der Waals surface area (Å²) in [6.45, 7) is 2.45. The summed E-state index contributed by atoms with van der Waals surface area (Å²) in [5.74, 6) is 0. The summed E-state index contributed by atoms with van der Waals surface area (Å²) in [4.78, 5) is 1.41. The molecule has 2 atom stereocenters. The molecule has 1 aliphatic rings. The van der Waals surface area contributed by atoms with Crippen LogP contribution >= 0.6 is 22.9 Å². The van der Waals surface area contributed by atoms with E-state index in [4.69, 9.17) is 11.6 Å². The molecule has 0 aliphatic heterocycles. The Hall–Kier alpha value is -0.0900. The molecular weight excluding hydrogens is 230 g/mol. The minimum Gasteiger partial charge on any atom is -0.392 e. The number of aliphatic hydroxyl groups excluding tert-OH is 1. The van der Waals surface area contributed by atoms with Gasteiger partial charge in [-0.2, -0.15) is 0 Å². The van der Waals surface area contributed by atoms with Crippen LogP contribution in [0.4, 0.5) is 0 Å². The zero-order valence-electron chi connectivity index (χ0n) is 8.79. The lowest BCUT2D eigenvalue weighted by Crippen LogP contribution is -2.30. The lowest BCUT2D eigenvalue weighted by molar-refractivity contribution is 0.184. The van der Waals surface area contributed by atoms with Gasteiger partial charge in [-0.25, -0.2) is 0 Å². The Morgan fingerprint density at radius 3 is 3.27 bits per heavy atom. The van der Waals surface area contributed by atoms with Gasteiger partial charge in [0.2, 0.25) is 0 Å². The van der Waals surface area contributed by atoms with Gasteiger partial charge in [0.25, 0.3) is 0 Å². The molecule has 1 heterocycles. The van der Waals surface area contributed by atoms with E-state index in [1.807, 2.05) is 0 Å². The van der Waals surface area contributed by atoms with Crippen molar-refractivity contribution in [1.82, 2.24) is 5.32 Å². The van der Waals surface area contributed by atoms with Crippen LogP contribution in [0.5, 0.6) is 0 Å². The Balaban J connectivity index is 2.08. The molecule has 2 rings (SSSR count). The van der Waals surface area contributed by atoms with Gasteiger partial charge in [0.15, 0.2) is 0 Å². The van der Waals surface area contributed by atoms with Gasteiger partial charge >= 0.3 is 0 Å². The van der Waals surface area contributed by atoms with Crippen molar-refractivity contribution >= 4 is 22.9 Å². The quantitative estimate of drug-likeness (QED) is 0.858. The maximum atomic E-state index is 9.25. The molecule has 1 aromatic heterocycles. The Morgan fingerprint density at radius 2 is 2.53 bits per heavy atom. The summed E-state index contributed by atoms with van der Waals surface area (Å²) in [7, 11) is 0. The van der Waals surface area contributed by atoms with Crippen molar-refractivity contribution in [1.29, 1.82) is 0 Å². The number of aryl methyl sites for hydroxylation is 1. The van der Waals surface area contributed by atoms with Gasteiger partial charge in [0.1, 0.15) is 0 Å². The van der Waals surface area contributed by atoms with Crippen LogP contribution in [0.1, 0.15) is 36.2 Å². The lowest BCUT2D eigenvalue weighted by Gasteiger charge is -2.24. The highest BCUT2D eigenvalue weighted by molar-refractivity contribution is 7.16. The number of rotatable bonds is 3. The normalized spacial score (nSPS) is 22.5. The van der Waals surface area contributed by atoms with Crippen LogP contribution in [0.2, 0.25) is 4.34 Å². The van der Waals surface area contributed by atoms with Gasteiger partial charge in [0, 0.05) is 17.5 Å². The molecule has 0 aromatic carbocycles. The van der Waals surface area contributed by atoms with Crippen LogP contribution in [-0.2, 0) is 6.42 Å². The fraction of sp³-hybridized carbons (Fsp3) is 0.636. The fourth-order valence-corrected chi connectivity index (χ4v) is 3.43. The summed E-state index contributed by atoms with van der Waals surface area (Å²) in [6, 6.07) is 2.45. The Kier molecular flexibility index (Phi) is 3.67. The first-order valence-electron chi connectivity index (χ1n) is 5.36. The maximum Gasteiger partial charge on any atom is 0.0934 e. The molecule has 2 nitrogen and oxygen atoms in total. The van der Waals surface area contributed by atoms with Crippen LogP contribution in [-0.4, -0.2) is 17.8 Å². The molecule has 4 heteroatoms. The average molecular weight is 246 g/mol. The van der Waals surface area contributed by atoms with Gasteiger partial charge in [-0.05, 0) is 37.8 Å². The molecule has 0 saturated heterocycles. The second-order valence-electron chi connectivity index (χ2n) is 4.13. The smallest absolute Gasteiger partial charge is 0.0934 e. The van der Waals surface area contributed by atoms with E-state index in [9.17, 15) is 5.11 Å². The molecule has 0 bridgehead atoms. The molecule has 0 fully saturated rings. The van der Waals surface area contributed by atoms with Crippen LogP contribution in [0, 0.1) is 0 Å². The van der Waals surface area contributed by atoms with Crippen molar-refractivity contribution in [3.05, 3.63) is 20.8 Å². The third-order valence-corrected chi connectivity index (χ3v) is 4.08. The lowest BCUT2D eigenvalue weighted by atomic mass is 9.94. The SMILES string of the molecule is CC(O)CNC1CCCc2sc(Cl)cc21. The molecule has 0 radical (unpaired) electrons. The molecule has 1 aliphatic carbocycles. The number of hydrogen-bond acceptors (Lipinski definition) is 3. The highest BCUT2D eigenvalue weighted by atomic mass is 35.5. The standard InChI is InChI=1S/C11H16ClNOS/c1-7(14)6-13-9-3-2-4-10-8(9)5-11(12)15-10/h5,7,9,13-14H,2-4,6H2,1H3. The number of fused-ring (bicyclic) bond motifs is 1. The second kappa shape index (κ2) is 4.83. The van der Waals surface area contributed by atoms with Crippen molar-refractivity contribution in [3.8, 4) is 0 Å². The van der Waals surface area contributed by atoms with Gasteiger partial charge in [-0.1, -0.05) is 11.6 Å². The molecule has 0 saturated carbocycles. The van der Waals surface area contributed by atoms with Crippen molar-refractivity contribution in [3.63, 3.8) is 0 Å². The third-order valence-electron chi connectivity index (χ3n) is 2.74. The van der Waals surface area contributed by atoms with E-state index in [1.54, 1.807) is 18.3 Å². The summed E-state index contributed by atoms with van der Waals surface area (Å²) in [5.41, 5.74) is 1.34. The third kappa shape index (κ3) is 2.72. The molecule has 84 valence electrons. The number of thiophene rings is 1. The van der Waals surface area contributed by atoms with Crippen LogP contribution in [0.15, 0.2) is 6.07 Å². The minimum atomic E-state index is -0.288.